The van der Waals surface area contributed by atoms with Crippen LogP contribution in [0.15, 0.2) is 41.2 Å². The number of likely N-dealkylation sites (tertiary alicyclic amines) is 1. The second-order valence-corrected chi connectivity index (χ2v) is 7.61. The lowest BCUT2D eigenvalue weighted by Crippen LogP contribution is -2.46. The van der Waals surface area contributed by atoms with Crippen LogP contribution in [-0.2, 0) is 17.2 Å². The molecule has 0 unspecified atom stereocenters. The zero-order chi connectivity index (χ0) is 21.1. The van der Waals surface area contributed by atoms with Gasteiger partial charge in [-0.25, -0.2) is 9.37 Å². The molecule has 4 rings (SSSR count). The Kier molecular flexibility index (Phi) is 5.63. The molecule has 1 fully saturated rings. The highest BCUT2D eigenvalue weighted by Crippen LogP contribution is 2.38. The number of carbonyl (C=O) groups is 1. The lowest BCUT2D eigenvalue weighted by atomic mass is 9.75. The van der Waals surface area contributed by atoms with E-state index in [1.54, 1.807) is 36.2 Å². The van der Waals surface area contributed by atoms with Crippen LogP contribution in [0, 0.1) is 5.82 Å². The number of hydrogen-bond acceptors (Lipinski definition) is 6. The Balaban J connectivity index is 1.54. The third kappa shape index (κ3) is 3.85. The van der Waals surface area contributed by atoms with Crippen molar-refractivity contribution in [2.24, 2.45) is 7.05 Å². The fourth-order valence-electron chi connectivity index (χ4n) is 3.88. The summed E-state index contributed by atoms with van der Waals surface area (Å²) in [5, 5.41) is 4.24. The highest BCUT2D eigenvalue weighted by atomic mass is 19.1. The molecule has 3 aromatic rings. The van der Waals surface area contributed by atoms with Crippen molar-refractivity contribution < 1.29 is 18.4 Å². The monoisotopic (exact) mass is 413 g/mol. The molecule has 0 saturated carbocycles. The zero-order valence-corrected chi connectivity index (χ0v) is 17.0. The first-order valence-electron chi connectivity index (χ1n) is 9.88. The number of halogens is 1. The van der Waals surface area contributed by atoms with Crippen LogP contribution in [0.4, 0.5) is 4.39 Å². The molecule has 0 aliphatic carbocycles. The van der Waals surface area contributed by atoms with E-state index in [9.17, 15) is 9.18 Å². The van der Waals surface area contributed by atoms with Gasteiger partial charge in [0.25, 0.3) is 11.8 Å². The number of methoxy groups -OCH3 is 1. The molecule has 0 radical (unpaired) electrons. The van der Waals surface area contributed by atoms with Crippen LogP contribution in [-0.4, -0.2) is 57.3 Å². The number of carbonyl (C=O) groups excluding carboxylic acids is 1. The van der Waals surface area contributed by atoms with Gasteiger partial charge >= 0.3 is 0 Å². The average Bonchev–Trinajstić information content (AvgIpc) is 3.42. The van der Waals surface area contributed by atoms with Gasteiger partial charge in [0.1, 0.15) is 5.82 Å². The summed E-state index contributed by atoms with van der Waals surface area (Å²) in [5.74, 6) is 0.983. The van der Waals surface area contributed by atoms with Gasteiger partial charge in [-0.2, -0.15) is 4.98 Å². The summed E-state index contributed by atoms with van der Waals surface area (Å²) >= 11 is 0. The number of aromatic nitrogens is 4. The molecule has 30 heavy (non-hydrogen) atoms. The van der Waals surface area contributed by atoms with Crippen LogP contribution in [0.1, 0.15) is 35.7 Å². The largest absolute Gasteiger partial charge is 0.385 e. The molecule has 1 aliphatic heterocycles. The molecule has 158 valence electrons. The molecule has 3 heterocycles. The van der Waals surface area contributed by atoms with Gasteiger partial charge in [0, 0.05) is 57.2 Å². The molecular formula is C21H24FN5O3. The minimum atomic E-state index is -0.351. The highest BCUT2D eigenvalue weighted by molar-refractivity contribution is 5.90. The maximum atomic E-state index is 13.2. The maximum absolute atomic E-state index is 13.2. The van der Waals surface area contributed by atoms with Gasteiger partial charge in [0.2, 0.25) is 0 Å². The SMILES string of the molecule is COCCC1(c2noc(-c3ccc(F)cc3)n2)CCN(C(=O)c2nccn2C)CC1. The maximum Gasteiger partial charge on any atom is 0.289 e. The van der Waals surface area contributed by atoms with Crippen LogP contribution in [0.2, 0.25) is 0 Å². The molecule has 2 aromatic heterocycles. The Bertz CT molecular complexity index is 1010. The number of amides is 1. The fourth-order valence-corrected chi connectivity index (χ4v) is 3.88. The van der Waals surface area contributed by atoms with Crippen LogP contribution < -0.4 is 0 Å². The molecule has 1 aromatic carbocycles. The summed E-state index contributed by atoms with van der Waals surface area (Å²) in [6.07, 6.45) is 5.48. The van der Waals surface area contributed by atoms with Crippen molar-refractivity contribution in [1.29, 1.82) is 0 Å². The highest BCUT2D eigenvalue weighted by Gasteiger charge is 2.41. The molecule has 0 spiro atoms. The van der Waals surface area contributed by atoms with E-state index >= 15 is 0 Å². The average molecular weight is 413 g/mol. The second kappa shape index (κ2) is 8.35. The number of piperidine rings is 1. The number of aryl methyl sites for hydroxylation is 1. The van der Waals surface area contributed by atoms with Crippen molar-refractivity contribution in [3.63, 3.8) is 0 Å². The number of ether oxygens (including phenoxy) is 1. The minimum absolute atomic E-state index is 0.0806. The van der Waals surface area contributed by atoms with Crippen molar-refractivity contribution in [3.8, 4) is 11.5 Å². The van der Waals surface area contributed by atoms with E-state index in [-0.39, 0.29) is 17.1 Å². The Morgan fingerprint density at radius 1 is 1.27 bits per heavy atom. The predicted molar refractivity (Wildman–Crippen MR) is 106 cm³/mol. The number of hydrogen-bond donors (Lipinski definition) is 0. The summed E-state index contributed by atoms with van der Waals surface area (Å²) in [5.41, 5.74) is 0.315. The summed E-state index contributed by atoms with van der Waals surface area (Å²) < 4.78 is 25.7. The number of imidazole rings is 1. The van der Waals surface area contributed by atoms with E-state index in [0.29, 0.717) is 55.6 Å². The number of benzene rings is 1. The van der Waals surface area contributed by atoms with Gasteiger partial charge < -0.3 is 18.7 Å². The van der Waals surface area contributed by atoms with Gasteiger partial charge in [0.05, 0.1) is 0 Å². The Morgan fingerprint density at radius 2 is 2.00 bits per heavy atom. The quantitative estimate of drug-likeness (QED) is 0.618. The van der Waals surface area contributed by atoms with E-state index < -0.39 is 0 Å². The molecule has 0 bridgehead atoms. The molecule has 9 heteroatoms. The van der Waals surface area contributed by atoms with Crippen LogP contribution in [0.5, 0.6) is 0 Å². The van der Waals surface area contributed by atoms with Gasteiger partial charge in [-0.3, -0.25) is 4.79 Å². The molecular weight excluding hydrogens is 389 g/mol. The third-order valence-electron chi connectivity index (χ3n) is 5.80. The Labute approximate surface area is 173 Å². The van der Waals surface area contributed by atoms with Gasteiger partial charge in [-0.1, -0.05) is 5.16 Å². The first-order valence-corrected chi connectivity index (χ1v) is 9.88. The Hall–Kier alpha value is -3.07. The second-order valence-electron chi connectivity index (χ2n) is 7.61. The smallest absolute Gasteiger partial charge is 0.289 e. The predicted octanol–water partition coefficient (Wildman–Crippen LogP) is 2.82. The lowest BCUT2D eigenvalue weighted by molar-refractivity contribution is 0.0601. The lowest BCUT2D eigenvalue weighted by Gasteiger charge is -2.39. The van der Waals surface area contributed by atoms with Crippen molar-refractivity contribution in [2.75, 3.05) is 26.8 Å². The topological polar surface area (TPSA) is 86.3 Å². The summed E-state index contributed by atoms with van der Waals surface area (Å²) in [6, 6.07) is 5.95. The molecule has 1 saturated heterocycles. The van der Waals surface area contributed by atoms with Gasteiger partial charge in [-0.05, 0) is 43.5 Å². The van der Waals surface area contributed by atoms with Gasteiger partial charge in [0.15, 0.2) is 11.6 Å². The molecule has 8 nitrogen and oxygen atoms in total. The molecule has 1 aliphatic rings. The van der Waals surface area contributed by atoms with Crippen molar-refractivity contribution in [1.82, 2.24) is 24.6 Å². The first-order chi connectivity index (χ1) is 14.5. The third-order valence-corrected chi connectivity index (χ3v) is 5.80. The van der Waals surface area contributed by atoms with Crippen molar-refractivity contribution >= 4 is 5.91 Å². The van der Waals surface area contributed by atoms with Crippen LogP contribution >= 0.6 is 0 Å². The number of nitrogens with zero attached hydrogens (tertiary/aromatic N) is 5. The van der Waals surface area contributed by atoms with Crippen molar-refractivity contribution in [2.45, 2.75) is 24.7 Å². The van der Waals surface area contributed by atoms with Gasteiger partial charge in [-0.15, -0.1) is 0 Å². The summed E-state index contributed by atoms with van der Waals surface area (Å²) in [7, 11) is 3.47. The van der Waals surface area contributed by atoms with E-state index in [2.05, 4.69) is 15.1 Å². The van der Waals surface area contributed by atoms with E-state index in [1.807, 2.05) is 11.9 Å². The summed E-state index contributed by atoms with van der Waals surface area (Å²) in [4.78, 5) is 23.4. The molecule has 0 atom stereocenters. The fraction of sp³-hybridized carbons (Fsp3) is 0.429. The molecule has 1 amide bonds. The normalized spacial score (nSPS) is 16.0. The Morgan fingerprint density at radius 3 is 2.63 bits per heavy atom. The summed E-state index contributed by atoms with van der Waals surface area (Å²) in [6.45, 7) is 1.68. The first kappa shape index (κ1) is 20.2. The number of rotatable bonds is 6. The standard InChI is InChI=1S/C21H24FN5O3/c1-26-13-10-23-17(26)19(28)27-11-7-21(8-12-27,9-14-29-2)20-24-18(30-25-20)15-3-5-16(22)6-4-15/h3-6,10,13H,7-9,11-12,14H2,1-2H3. The van der Waals surface area contributed by atoms with E-state index in [0.717, 1.165) is 6.42 Å². The van der Waals surface area contributed by atoms with E-state index in [1.165, 1.54) is 12.1 Å². The molecule has 0 N–H and O–H groups in total. The van der Waals surface area contributed by atoms with Crippen molar-refractivity contribution in [3.05, 3.63) is 54.1 Å². The minimum Gasteiger partial charge on any atom is -0.385 e. The van der Waals surface area contributed by atoms with Crippen LogP contribution in [0.25, 0.3) is 11.5 Å². The zero-order valence-electron chi connectivity index (χ0n) is 17.0. The van der Waals surface area contributed by atoms with Crippen LogP contribution in [0.3, 0.4) is 0 Å². The van der Waals surface area contributed by atoms with E-state index in [4.69, 9.17) is 9.26 Å².